The minimum atomic E-state index is -1.14. The highest BCUT2D eigenvalue weighted by atomic mass is 16.5. The second-order valence-corrected chi connectivity index (χ2v) is 6.49. The topological polar surface area (TPSA) is 87.9 Å². The van der Waals surface area contributed by atoms with Crippen LogP contribution in [0.5, 0.6) is 5.88 Å². The molecule has 136 valence electrons. The average Bonchev–Trinajstić information content (AvgIpc) is 2.62. The van der Waals surface area contributed by atoms with E-state index in [1.165, 1.54) is 0 Å². The molecule has 3 aromatic rings. The summed E-state index contributed by atoms with van der Waals surface area (Å²) in [7, 11) is 0. The second-order valence-electron chi connectivity index (χ2n) is 6.49. The quantitative estimate of drug-likeness (QED) is 0.744. The second kappa shape index (κ2) is 7.83. The van der Waals surface area contributed by atoms with Crippen molar-refractivity contribution in [2.75, 3.05) is 5.32 Å². The fourth-order valence-electron chi connectivity index (χ4n) is 2.68. The van der Waals surface area contributed by atoms with Gasteiger partial charge in [-0.1, -0.05) is 24.3 Å². The van der Waals surface area contributed by atoms with Crippen molar-refractivity contribution in [3.63, 3.8) is 0 Å². The van der Waals surface area contributed by atoms with Crippen LogP contribution in [0.25, 0.3) is 11.0 Å². The van der Waals surface area contributed by atoms with E-state index in [1.807, 2.05) is 63.2 Å². The number of hydrogen-bond acceptors (Lipinski definition) is 5. The summed E-state index contributed by atoms with van der Waals surface area (Å²) in [5, 5.41) is 12.5. The molecule has 1 N–H and O–H groups in total. The first-order chi connectivity index (χ1) is 13.0. The van der Waals surface area contributed by atoms with Gasteiger partial charge in [0.05, 0.1) is 23.2 Å². The van der Waals surface area contributed by atoms with Crippen LogP contribution in [0.1, 0.15) is 31.0 Å². The molecule has 6 nitrogen and oxygen atoms in total. The van der Waals surface area contributed by atoms with E-state index in [4.69, 9.17) is 4.74 Å². The van der Waals surface area contributed by atoms with Gasteiger partial charge in [-0.2, -0.15) is 5.26 Å². The Morgan fingerprint density at radius 2 is 1.81 bits per heavy atom. The first kappa shape index (κ1) is 18.3. The SMILES string of the molecule is Cc1cccc(NC(=O)[C@@H](C#N)c2nc3ccccc3nc2OC(C)C)c1. The summed E-state index contributed by atoms with van der Waals surface area (Å²) in [6, 6.07) is 16.7. The average molecular weight is 360 g/mol. The van der Waals surface area contributed by atoms with E-state index in [9.17, 15) is 10.1 Å². The van der Waals surface area contributed by atoms with Gasteiger partial charge in [-0.3, -0.25) is 4.79 Å². The van der Waals surface area contributed by atoms with Crippen molar-refractivity contribution in [3.05, 3.63) is 59.8 Å². The molecule has 2 aromatic carbocycles. The number of anilines is 1. The van der Waals surface area contributed by atoms with Crippen molar-refractivity contribution < 1.29 is 9.53 Å². The lowest BCUT2D eigenvalue weighted by Crippen LogP contribution is -2.23. The summed E-state index contributed by atoms with van der Waals surface area (Å²) in [5.74, 6) is -1.41. The minimum Gasteiger partial charge on any atom is -0.474 e. The lowest BCUT2D eigenvalue weighted by atomic mass is 10.1. The van der Waals surface area contributed by atoms with E-state index in [0.29, 0.717) is 16.7 Å². The molecule has 0 saturated heterocycles. The van der Waals surface area contributed by atoms with Crippen LogP contribution in [-0.2, 0) is 4.79 Å². The van der Waals surface area contributed by atoms with Crippen molar-refractivity contribution in [2.45, 2.75) is 32.8 Å². The van der Waals surface area contributed by atoms with Crippen molar-refractivity contribution >= 4 is 22.6 Å². The van der Waals surface area contributed by atoms with Gasteiger partial charge in [0.25, 0.3) is 0 Å². The molecule has 0 unspecified atom stereocenters. The smallest absolute Gasteiger partial charge is 0.248 e. The van der Waals surface area contributed by atoms with Gasteiger partial charge in [0, 0.05) is 5.69 Å². The van der Waals surface area contributed by atoms with Gasteiger partial charge < -0.3 is 10.1 Å². The monoisotopic (exact) mass is 360 g/mol. The zero-order valence-corrected chi connectivity index (χ0v) is 15.4. The number of para-hydroxylation sites is 2. The molecule has 6 heteroatoms. The standard InChI is InChI=1S/C21H20N4O2/c1-13(2)27-21-19(24-17-9-4-5-10-18(17)25-21)16(12-22)20(26)23-15-8-6-7-14(3)11-15/h4-11,13,16H,1-3H3,(H,23,26)/t16-/m0/s1. The summed E-state index contributed by atoms with van der Waals surface area (Å²) in [4.78, 5) is 21.8. The fourth-order valence-corrected chi connectivity index (χ4v) is 2.68. The molecule has 0 radical (unpaired) electrons. The number of rotatable bonds is 5. The number of fused-ring (bicyclic) bond motifs is 1. The Bertz CT molecular complexity index is 1020. The van der Waals surface area contributed by atoms with Gasteiger partial charge in [-0.15, -0.1) is 0 Å². The molecule has 0 spiro atoms. The van der Waals surface area contributed by atoms with Gasteiger partial charge in [0.1, 0.15) is 5.69 Å². The van der Waals surface area contributed by atoms with E-state index in [2.05, 4.69) is 15.3 Å². The third kappa shape index (κ3) is 4.21. The van der Waals surface area contributed by atoms with Gasteiger partial charge in [-0.25, -0.2) is 9.97 Å². The highest BCUT2D eigenvalue weighted by Gasteiger charge is 2.28. The molecule has 0 aliphatic heterocycles. The van der Waals surface area contributed by atoms with Crippen molar-refractivity contribution in [1.82, 2.24) is 9.97 Å². The number of carbonyl (C=O) groups is 1. The molecule has 1 amide bonds. The molecular formula is C21H20N4O2. The summed E-state index contributed by atoms with van der Waals surface area (Å²) < 4.78 is 5.75. The van der Waals surface area contributed by atoms with E-state index in [-0.39, 0.29) is 17.7 Å². The van der Waals surface area contributed by atoms with Crippen molar-refractivity contribution in [1.29, 1.82) is 5.26 Å². The normalized spacial score (nSPS) is 11.8. The van der Waals surface area contributed by atoms with E-state index < -0.39 is 11.8 Å². The number of benzene rings is 2. The third-order valence-electron chi connectivity index (χ3n) is 3.86. The Morgan fingerprint density at radius 3 is 2.44 bits per heavy atom. The van der Waals surface area contributed by atoms with Gasteiger partial charge in [0.2, 0.25) is 11.8 Å². The number of aromatic nitrogens is 2. The molecule has 0 bridgehead atoms. The van der Waals surface area contributed by atoms with Crippen LogP contribution in [-0.4, -0.2) is 22.0 Å². The highest BCUT2D eigenvalue weighted by Crippen LogP contribution is 2.27. The number of amides is 1. The van der Waals surface area contributed by atoms with Gasteiger partial charge in [0.15, 0.2) is 5.92 Å². The molecule has 27 heavy (non-hydrogen) atoms. The third-order valence-corrected chi connectivity index (χ3v) is 3.86. The van der Waals surface area contributed by atoms with Crippen LogP contribution in [0, 0.1) is 18.3 Å². The Kier molecular flexibility index (Phi) is 5.32. The number of nitrogens with zero attached hydrogens (tertiary/aromatic N) is 3. The van der Waals surface area contributed by atoms with Crippen molar-refractivity contribution in [3.8, 4) is 11.9 Å². The fraction of sp³-hybridized carbons (Fsp3) is 0.238. The first-order valence-corrected chi connectivity index (χ1v) is 8.68. The summed E-state index contributed by atoms with van der Waals surface area (Å²) >= 11 is 0. The highest BCUT2D eigenvalue weighted by molar-refractivity contribution is 5.98. The number of hydrogen-bond donors (Lipinski definition) is 1. The summed E-state index contributed by atoms with van der Waals surface area (Å²) in [6.45, 7) is 5.64. The summed E-state index contributed by atoms with van der Waals surface area (Å²) in [6.07, 6.45) is -0.168. The molecule has 0 fully saturated rings. The summed E-state index contributed by atoms with van der Waals surface area (Å²) in [5.41, 5.74) is 3.10. The predicted octanol–water partition coefficient (Wildman–Crippen LogP) is 3.97. The van der Waals surface area contributed by atoms with E-state index >= 15 is 0 Å². The van der Waals surface area contributed by atoms with E-state index in [1.54, 1.807) is 12.1 Å². The largest absolute Gasteiger partial charge is 0.474 e. The number of carbonyl (C=O) groups excluding carboxylic acids is 1. The Labute approximate surface area is 157 Å². The molecule has 0 aliphatic rings. The van der Waals surface area contributed by atoms with Crippen LogP contribution < -0.4 is 10.1 Å². The maximum atomic E-state index is 12.8. The number of ether oxygens (including phenoxy) is 1. The van der Waals surface area contributed by atoms with Crippen LogP contribution in [0.2, 0.25) is 0 Å². The molecular weight excluding hydrogens is 340 g/mol. The number of aryl methyl sites for hydroxylation is 1. The van der Waals surface area contributed by atoms with Crippen LogP contribution >= 0.6 is 0 Å². The number of nitriles is 1. The molecule has 3 rings (SSSR count). The maximum Gasteiger partial charge on any atom is 0.248 e. The van der Waals surface area contributed by atoms with Crippen molar-refractivity contribution in [2.24, 2.45) is 0 Å². The Balaban J connectivity index is 2.01. The minimum absolute atomic E-state index is 0.168. The Hall–Kier alpha value is -3.46. The maximum absolute atomic E-state index is 12.8. The van der Waals surface area contributed by atoms with Gasteiger partial charge >= 0.3 is 0 Å². The van der Waals surface area contributed by atoms with Crippen LogP contribution in [0.4, 0.5) is 5.69 Å². The Morgan fingerprint density at radius 1 is 1.11 bits per heavy atom. The van der Waals surface area contributed by atoms with Gasteiger partial charge in [-0.05, 0) is 50.6 Å². The van der Waals surface area contributed by atoms with Crippen LogP contribution in [0.15, 0.2) is 48.5 Å². The lowest BCUT2D eigenvalue weighted by Gasteiger charge is -2.16. The lowest BCUT2D eigenvalue weighted by molar-refractivity contribution is -0.116. The molecule has 0 saturated carbocycles. The first-order valence-electron chi connectivity index (χ1n) is 8.68. The molecule has 1 atom stereocenters. The molecule has 1 aromatic heterocycles. The molecule has 1 heterocycles. The van der Waals surface area contributed by atoms with Crippen LogP contribution in [0.3, 0.4) is 0 Å². The molecule has 0 aliphatic carbocycles. The number of nitrogens with one attached hydrogen (secondary N) is 1. The van der Waals surface area contributed by atoms with E-state index in [0.717, 1.165) is 5.56 Å². The zero-order valence-electron chi connectivity index (χ0n) is 15.4. The predicted molar refractivity (Wildman–Crippen MR) is 103 cm³/mol. The zero-order chi connectivity index (χ0) is 19.4.